The van der Waals surface area contributed by atoms with E-state index in [1.165, 1.54) is 0 Å². The fourth-order valence-corrected chi connectivity index (χ4v) is 1.31. The van der Waals surface area contributed by atoms with Crippen molar-refractivity contribution in [3.05, 3.63) is 36.2 Å². The van der Waals surface area contributed by atoms with Gasteiger partial charge in [0.2, 0.25) is 6.29 Å². The van der Waals surface area contributed by atoms with Crippen LogP contribution in [0.5, 0.6) is 0 Å². The number of nitrogens with zero attached hydrogens (tertiary/aromatic N) is 2. The predicted molar refractivity (Wildman–Crippen MR) is 58.3 cm³/mol. The van der Waals surface area contributed by atoms with Crippen LogP contribution in [0.1, 0.15) is 19.5 Å². The molecule has 0 N–H and O–H groups in total. The second-order valence-corrected chi connectivity index (χ2v) is 3.97. The molecule has 75 valence electrons. The van der Waals surface area contributed by atoms with Gasteiger partial charge in [0.1, 0.15) is 0 Å². The first-order chi connectivity index (χ1) is 7.13. The Morgan fingerprint density at radius 2 is 1.87 bits per heavy atom. The summed E-state index contributed by atoms with van der Waals surface area (Å²) in [5, 5.41) is 0. The zero-order valence-corrected chi connectivity index (χ0v) is 8.69. The summed E-state index contributed by atoms with van der Waals surface area (Å²) >= 11 is 0. The molecule has 0 aliphatic carbocycles. The van der Waals surface area contributed by atoms with Gasteiger partial charge >= 0.3 is 0 Å². The molecule has 1 aromatic carbocycles. The van der Waals surface area contributed by atoms with Crippen LogP contribution in [0.2, 0.25) is 0 Å². The minimum Gasteiger partial charge on any atom is -0.290 e. The molecule has 2 aromatic rings. The lowest BCUT2D eigenvalue weighted by Crippen LogP contribution is -2.20. The molecule has 0 atom stereocenters. The Morgan fingerprint density at radius 3 is 2.53 bits per heavy atom. The predicted octanol–water partition coefficient (Wildman–Crippen LogP) is 2.02. The summed E-state index contributed by atoms with van der Waals surface area (Å²) in [4.78, 5) is 19.4. The molecule has 0 fully saturated rings. The van der Waals surface area contributed by atoms with Gasteiger partial charge in [0, 0.05) is 0 Å². The Bertz CT molecular complexity index is 506. The highest BCUT2D eigenvalue weighted by molar-refractivity contribution is 5.75. The van der Waals surface area contributed by atoms with Crippen molar-refractivity contribution < 1.29 is 4.79 Å². The number of fused-ring (bicyclic) bond motifs is 1. The molecule has 3 nitrogen and oxygen atoms in total. The fourth-order valence-electron chi connectivity index (χ4n) is 1.31. The van der Waals surface area contributed by atoms with E-state index in [0.29, 0.717) is 5.69 Å². The van der Waals surface area contributed by atoms with Crippen molar-refractivity contribution in [1.29, 1.82) is 0 Å². The SMILES string of the molecule is CC(C)([C]=O)c1cnc2ccccc2n1. The summed E-state index contributed by atoms with van der Waals surface area (Å²) in [7, 11) is 0. The summed E-state index contributed by atoms with van der Waals surface area (Å²) in [6.45, 7) is 3.55. The average molecular weight is 199 g/mol. The van der Waals surface area contributed by atoms with Gasteiger partial charge in [-0.15, -0.1) is 0 Å². The highest BCUT2D eigenvalue weighted by atomic mass is 16.1. The van der Waals surface area contributed by atoms with Gasteiger partial charge in [0.15, 0.2) is 0 Å². The number of rotatable bonds is 2. The molecule has 3 heteroatoms. The van der Waals surface area contributed by atoms with Gasteiger partial charge in [0.25, 0.3) is 0 Å². The van der Waals surface area contributed by atoms with E-state index < -0.39 is 5.41 Å². The zero-order chi connectivity index (χ0) is 10.9. The molecule has 0 unspecified atom stereocenters. The third-order valence-corrected chi connectivity index (χ3v) is 2.34. The van der Waals surface area contributed by atoms with Gasteiger partial charge in [-0.25, -0.2) is 4.98 Å². The number of hydrogen-bond acceptors (Lipinski definition) is 3. The van der Waals surface area contributed by atoms with Crippen LogP contribution in [0.25, 0.3) is 11.0 Å². The van der Waals surface area contributed by atoms with E-state index in [-0.39, 0.29) is 0 Å². The molecule has 0 aliphatic heterocycles. The topological polar surface area (TPSA) is 42.9 Å². The second-order valence-electron chi connectivity index (χ2n) is 3.97. The van der Waals surface area contributed by atoms with E-state index in [0.717, 1.165) is 11.0 Å². The first-order valence-corrected chi connectivity index (χ1v) is 4.75. The van der Waals surface area contributed by atoms with Gasteiger partial charge in [-0.1, -0.05) is 12.1 Å². The summed E-state index contributed by atoms with van der Waals surface area (Å²) in [5.74, 6) is 0. The Hall–Kier alpha value is -1.77. The molecule has 15 heavy (non-hydrogen) atoms. The molecule has 0 bridgehead atoms. The lowest BCUT2D eigenvalue weighted by atomic mass is 9.92. The maximum absolute atomic E-state index is 10.8. The van der Waals surface area contributed by atoms with E-state index in [1.807, 2.05) is 30.6 Å². The third kappa shape index (κ3) is 1.73. The van der Waals surface area contributed by atoms with Crippen LogP contribution in [0, 0.1) is 0 Å². The molecule has 1 radical (unpaired) electrons. The standard InChI is InChI=1S/C12H11N2O/c1-12(2,8-15)11-7-13-9-5-3-4-6-10(9)14-11/h3-7H,1-2H3. The molecule has 2 rings (SSSR count). The van der Waals surface area contributed by atoms with Gasteiger partial charge in [-0.3, -0.25) is 9.78 Å². The molecular weight excluding hydrogens is 188 g/mol. The molecule has 1 heterocycles. The molecule has 0 saturated carbocycles. The molecular formula is C12H11N2O. The van der Waals surface area contributed by atoms with E-state index in [4.69, 9.17) is 0 Å². The van der Waals surface area contributed by atoms with E-state index in [2.05, 4.69) is 9.97 Å². The Morgan fingerprint density at radius 1 is 1.20 bits per heavy atom. The van der Waals surface area contributed by atoms with Crippen LogP contribution >= 0.6 is 0 Å². The number of hydrogen-bond donors (Lipinski definition) is 0. The maximum atomic E-state index is 10.8. The van der Waals surface area contributed by atoms with Crippen molar-refractivity contribution in [1.82, 2.24) is 9.97 Å². The highest BCUT2D eigenvalue weighted by Crippen LogP contribution is 2.19. The summed E-state index contributed by atoms with van der Waals surface area (Å²) < 4.78 is 0. The van der Waals surface area contributed by atoms with Gasteiger partial charge in [0.05, 0.1) is 28.3 Å². The highest BCUT2D eigenvalue weighted by Gasteiger charge is 2.23. The van der Waals surface area contributed by atoms with E-state index in [9.17, 15) is 4.79 Å². The normalized spacial score (nSPS) is 11.6. The van der Waals surface area contributed by atoms with Crippen molar-refractivity contribution in [2.24, 2.45) is 0 Å². The summed E-state index contributed by atoms with van der Waals surface area (Å²) in [5.41, 5.74) is 1.59. The Labute approximate surface area is 88.2 Å². The largest absolute Gasteiger partial charge is 0.290 e. The van der Waals surface area contributed by atoms with Crippen LogP contribution in [-0.2, 0) is 10.2 Å². The maximum Gasteiger partial charge on any atom is 0.210 e. The second kappa shape index (κ2) is 3.42. The minimum absolute atomic E-state index is 0.649. The first kappa shape index (κ1) is 9.77. The van der Waals surface area contributed by atoms with Crippen LogP contribution in [0.4, 0.5) is 0 Å². The van der Waals surface area contributed by atoms with Gasteiger partial charge < -0.3 is 0 Å². The Kier molecular flexibility index (Phi) is 2.23. The van der Waals surface area contributed by atoms with Crippen molar-refractivity contribution >= 4 is 17.3 Å². The number of benzene rings is 1. The smallest absolute Gasteiger partial charge is 0.210 e. The Balaban J connectivity index is 2.61. The average Bonchev–Trinajstić information content (AvgIpc) is 2.28. The monoisotopic (exact) mass is 199 g/mol. The lowest BCUT2D eigenvalue weighted by Gasteiger charge is -2.14. The molecule has 0 spiro atoms. The first-order valence-electron chi connectivity index (χ1n) is 4.75. The van der Waals surface area contributed by atoms with Crippen LogP contribution in [0.15, 0.2) is 30.5 Å². The fraction of sp³-hybridized carbons (Fsp3) is 0.250. The van der Waals surface area contributed by atoms with Crippen LogP contribution in [0.3, 0.4) is 0 Å². The van der Waals surface area contributed by atoms with E-state index in [1.54, 1.807) is 20.0 Å². The summed E-state index contributed by atoms with van der Waals surface area (Å²) in [6.07, 6.45) is 3.60. The van der Waals surface area contributed by atoms with Crippen molar-refractivity contribution in [2.75, 3.05) is 0 Å². The number of carbonyl (C=O) groups excluding carboxylic acids is 1. The third-order valence-electron chi connectivity index (χ3n) is 2.34. The molecule has 0 amide bonds. The molecule has 0 aliphatic rings. The number of aromatic nitrogens is 2. The quantitative estimate of drug-likeness (QED) is 0.743. The van der Waals surface area contributed by atoms with Crippen molar-refractivity contribution in [2.45, 2.75) is 19.3 Å². The molecule has 0 saturated heterocycles. The van der Waals surface area contributed by atoms with Crippen LogP contribution < -0.4 is 0 Å². The molecule has 1 aromatic heterocycles. The van der Waals surface area contributed by atoms with Crippen molar-refractivity contribution in [3.63, 3.8) is 0 Å². The van der Waals surface area contributed by atoms with Crippen LogP contribution in [-0.4, -0.2) is 16.3 Å². The number of para-hydroxylation sites is 2. The lowest BCUT2D eigenvalue weighted by molar-refractivity contribution is 0.513. The minimum atomic E-state index is -0.697. The van der Waals surface area contributed by atoms with Crippen molar-refractivity contribution in [3.8, 4) is 0 Å². The van der Waals surface area contributed by atoms with Gasteiger partial charge in [-0.05, 0) is 26.0 Å². The summed E-state index contributed by atoms with van der Waals surface area (Å²) in [6, 6.07) is 7.59. The zero-order valence-electron chi connectivity index (χ0n) is 8.69. The van der Waals surface area contributed by atoms with Gasteiger partial charge in [-0.2, -0.15) is 0 Å². The van der Waals surface area contributed by atoms with E-state index >= 15 is 0 Å².